The van der Waals surface area contributed by atoms with Crippen LogP contribution in [0.25, 0.3) is 0 Å². The molecule has 0 saturated carbocycles. The second-order valence-corrected chi connectivity index (χ2v) is 6.97. The Bertz CT molecular complexity index is 566. The maximum absolute atomic E-state index is 12.3. The topological polar surface area (TPSA) is 57.6 Å². The standard InChI is InChI=1S/C13H19NO3S/c1-9-6-12-13(7-10(9)2)18(16,17)8-11(4-5-15)14(12)3/h6-7,11,15H,4-5,8H2,1-3H3. The van der Waals surface area contributed by atoms with Crippen molar-refractivity contribution in [3.05, 3.63) is 23.3 Å². The number of fused-ring (bicyclic) bond motifs is 1. The number of sulfone groups is 1. The van der Waals surface area contributed by atoms with Gasteiger partial charge in [0.15, 0.2) is 9.84 Å². The average Bonchev–Trinajstić information content (AvgIpc) is 2.28. The number of rotatable bonds is 2. The monoisotopic (exact) mass is 269 g/mol. The van der Waals surface area contributed by atoms with Gasteiger partial charge in [0.2, 0.25) is 0 Å². The van der Waals surface area contributed by atoms with Gasteiger partial charge in [-0.25, -0.2) is 8.42 Å². The first-order valence-corrected chi connectivity index (χ1v) is 7.69. The maximum Gasteiger partial charge on any atom is 0.182 e. The van der Waals surface area contributed by atoms with Gasteiger partial charge < -0.3 is 10.0 Å². The number of benzene rings is 1. The number of anilines is 1. The molecule has 1 aromatic rings. The summed E-state index contributed by atoms with van der Waals surface area (Å²) in [5.74, 6) is 0.0829. The van der Waals surface area contributed by atoms with Gasteiger partial charge in [-0.05, 0) is 43.5 Å². The van der Waals surface area contributed by atoms with Gasteiger partial charge in [-0.2, -0.15) is 0 Å². The zero-order valence-corrected chi connectivity index (χ0v) is 11.8. The average molecular weight is 269 g/mol. The van der Waals surface area contributed by atoms with Crippen molar-refractivity contribution in [3.8, 4) is 0 Å². The normalized spacial score (nSPS) is 21.8. The van der Waals surface area contributed by atoms with Gasteiger partial charge in [0.1, 0.15) is 0 Å². The van der Waals surface area contributed by atoms with Crippen LogP contribution in [0.3, 0.4) is 0 Å². The van der Waals surface area contributed by atoms with Crippen LogP contribution >= 0.6 is 0 Å². The van der Waals surface area contributed by atoms with Gasteiger partial charge >= 0.3 is 0 Å². The Kier molecular flexibility index (Phi) is 3.38. The van der Waals surface area contributed by atoms with E-state index in [9.17, 15) is 8.42 Å². The van der Waals surface area contributed by atoms with Crippen LogP contribution in [0.2, 0.25) is 0 Å². The highest BCUT2D eigenvalue weighted by Gasteiger charge is 2.33. The van der Waals surface area contributed by atoms with Crippen molar-refractivity contribution in [2.75, 3.05) is 24.3 Å². The Morgan fingerprint density at radius 2 is 1.94 bits per heavy atom. The Balaban J connectivity index is 2.59. The van der Waals surface area contributed by atoms with Crippen LogP contribution in [0.4, 0.5) is 5.69 Å². The lowest BCUT2D eigenvalue weighted by molar-refractivity contribution is 0.277. The van der Waals surface area contributed by atoms with Gasteiger partial charge in [0.25, 0.3) is 0 Å². The van der Waals surface area contributed by atoms with Crippen molar-refractivity contribution < 1.29 is 13.5 Å². The van der Waals surface area contributed by atoms with Crippen molar-refractivity contribution in [1.82, 2.24) is 0 Å². The fraction of sp³-hybridized carbons (Fsp3) is 0.538. The largest absolute Gasteiger partial charge is 0.396 e. The lowest BCUT2D eigenvalue weighted by Crippen LogP contribution is -2.43. The van der Waals surface area contributed by atoms with E-state index in [4.69, 9.17) is 5.11 Å². The van der Waals surface area contributed by atoms with Crippen LogP contribution < -0.4 is 4.90 Å². The molecule has 5 heteroatoms. The second-order valence-electron chi connectivity index (χ2n) is 4.96. The number of hydrogen-bond acceptors (Lipinski definition) is 4. The van der Waals surface area contributed by atoms with Gasteiger partial charge in [0, 0.05) is 19.7 Å². The van der Waals surface area contributed by atoms with Crippen molar-refractivity contribution in [2.45, 2.75) is 31.2 Å². The fourth-order valence-electron chi connectivity index (χ4n) is 2.38. The Morgan fingerprint density at radius 3 is 2.56 bits per heavy atom. The molecule has 100 valence electrons. The predicted molar refractivity (Wildman–Crippen MR) is 71.9 cm³/mol. The number of hydrogen-bond donors (Lipinski definition) is 1. The summed E-state index contributed by atoms with van der Waals surface area (Å²) in [5, 5.41) is 9.03. The third-order valence-electron chi connectivity index (χ3n) is 3.71. The van der Waals surface area contributed by atoms with Crippen LogP contribution in [-0.2, 0) is 9.84 Å². The molecule has 0 saturated heterocycles. The van der Waals surface area contributed by atoms with Gasteiger partial charge in [0.05, 0.1) is 16.3 Å². The molecule has 1 atom stereocenters. The minimum absolute atomic E-state index is 0.00467. The molecule has 4 nitrogen and oxygen atoms in total. The first kappa shape index (κ1) is 13.4. The molecule has 0 aliphatic carbocycles. The Morgan fingerprint density at radius 1 is 1.33 bits per heavy atom. The number of nitrogens with zero attached hydrogens (tertiary/aromatic N) is 1. The van der Waals surface area contributed by atoms with Gasteiger partial charge in [-0.15, -0.1) is 0 Å². The molecule has 1 aromatic carbocycles. The molecule has 0 fully saturated rings. The van der Waals surface area contributed by atoms with E-state index in [0.717, 1.165) is 16.8 Å². The molecule has 18 heavy (non-hydrogen) atoms. The SMILES string of the molecule is Cc1cc2c(cc1C)S(=O)(=O)CC(CCO)N2C. The zero-order valence-electron chi connectivity index (χ0n) is 11.0. The van der Waals surface area contributed by atoms with Crippen molar-refractivity contribution >= 4 is 15.5 Å². The minimum Gasteiger partial charge on any atom is -0.396 e. The summed E-state index contributed by atoms with van der Waals surface area (Å²) < 4.78 is 24.5. The van der Waals surface area contributed by atoms with E-state index in [0.29, 0.717) is 11.3 Å². The second kappa shape index (κ2) is 4.55. The van der Waals surface area contributed by atoms with E-state index in [1.165, 1.54) is 0 Å². The molecule has 0 amide bonds. The summed E-state index contributed by atoms with van der Waals surface area (Å²) in [7, 11) is -1.35. The number of aliphatic hydroxyl groups is 1. The first-order chi connectivity index (χ1) is 8.36. The predicted octanol–water partition coefficient (Wildman–Crippen LogP) is 1.28. The van der Waals surface area contributed by atoms with Crippen molar-refractivity contribution in [2.24, 2.45) is 0 Å². The molecule has 0 spiro atoms. The molecule has 2 rings (SSSR count). The highest BCUT2D eigenvalue weighted by Crippen LogP contribution is 2.35. The van der Waals surface area contributed by atoms with Crippen LogP contribution in [0.5, 0.6) is 0 Å². The van der Waals surface area contributed by atoms with E-state index < -0.39 is 9.84 Å². The number of aryl methyl sites for hydroxylation is 2. The summed E-state index contributed by atoms with van der Waals surface area (Å²) in [5.41, 5.74) is 2.83. The summed E-state index contributed by atoms with van der Waals surface area (Å²) in [6, 6.07) is 3.53. The molecule has 1 N–H and O–H groups in total. The zero-order chi connectivity index (χ0) is 13.5. The summed E-state index contributed by atoms with van der Waals surface area (Å²) in [6.45, 7) is 3.90. The molecular formula is C13H19NO3S. The number of aliphatic hydroxyl groups excluding tert-OH is 1. The third kappa shape index (κ3) is 2.12. The molecule has 0 radical (unpaired) electrons. The summed E-state index contributed by atoms with van der Waals surface area (Å²) >= 11 is 0. The van der Waals surface area contributed by atoms with E-state index in [-0.39, 0.29) is 18.4 Å². The minimum atomic E-state index is -3.24. The highest BCUT2D eigenvalue weighted by molar-refractivity contribution is 7.91. The van der Waals surface area contributed by atoms with Crippen molar-refractivity contribution in [3.63, 3.8) is 0 Å². The first-order valence-electron chi connectivity index (χ1n) is 6.04. The highest BCUT2D eigenvalue weighted by atomic mass is 32.2. The lowest BCUT2D eigenvalue weighted by Gasteiger charge is -2.36. The van der Waals surface area contributed by atoms with Gasteiger partial charge in [-0.1, -0.05) is 0 Å². The molecule has 1 aliphatic rings. The molecule has 0 aromatic heterocycles. The van der Waals surface area contributed by atoms with E-state index in [1.54, 1.807) is 6.07 Å². The quantitative estimate of drug-likeness (QED) is 0.878. The Hall–Kier alpha value is -1.07. The van der Waals surface area contributed by atoms with E-state index >= 15 is 0 Å². The fourth-order valence-corrected chi connectivity index (χ4v) is 4.33. The molecule has 1 heterocycles. The third-order valence-corrected chi connectivity index (χ3v) is 5.53. The van der Waals surface area contributed by atoms with Crippen LogP contribution in [0.15, 0.2) is 17.0 Å². The van der Waals surface area contributed by atoms with Crippen LogP contribution in [0, 0.1) is 13.8 Å². The molecule has 1 unspecified atom stereocenters. The van der Waals surface area contributed by atoms with E-state index in [1.807, 2.05) is 31.9 Å². The van der Waals surface area contributed by atoms with Crippen LogP contribution in [0.1, 0.15) is 17.5 Å². The summed E-state index contributed by atoms with van der Waals surface area (Å²) in [4.78, 5) is 2.39. The Labute approximate surface area is 108 Å². The molecule has 0 bridgehead atoms. The van der Waals surface area contributed by atoms with Gasteiger partial charge in [-0.3, -0.25) is 0 Å². The summed E-state index contributed by atoms with van der Waals surface area (Å²) in [6.07, 6.45) is 0.474. The van der Waals surface area contributed by atoms with Crippen molar-refractivity contribution in [1.29, 1.82) is 0 Å². The smallest absolute Gasteiger partial charge is 0.182 e. The lowest BCUT2D eigenvalue weighted by atomic mass is 10.1. The maximum atomic E-state index is 12.3. The molecule has 1 aliphatic heterocycles. The van der Waals surface area contributed by atoms with E-state index in [2.05, 4.69) is 0 Å². The van der Waals surface area contributed by atoms with Crippen LogP contribution in [-0.4, -0.2) is 39.0 Å². The molecular weight excluding hydrogens is 250 g/mol.